The quantitative estimate of drug-likeness (QED) is 0.600. The zero-order valence-corrected chi connectivity index (χ0v) is 16.3. The van der Waals surface area contributed by atoms with Gasteiger partial charge in [0.25, 0.3) is 11.8 Å². The third kappa shape index (κ3) is 4.57. The number of aryl methyl sites for hydroxylation is 2. The minimum Gasteiger partial charge on any atom is -0.363 e. The number of hydrogen-bond acceptors (Lipinski definition) is 4. The molecule has 29 heavy (non-hydrogen) atoms. The highest BCUT2D eigenvalue weighted by Crippen LogP contribution is 2.25. The molecule has 3 N–H and O–H groups in total. The molecule has 3 rings (SSSR count). The normalized spacial score (nSPS) is 11.7. The van der Waals surface area contributed by atoms with Gasteiger partial charge in [-0.1, -0.05) is 54.6 Å². The summed E-state index contributed by atoms with van der Waals surface area (Å²) in [7, 11) is 1.72. The smallest absolute Gasteiger partial charge is 0.287 e. The molecule has 0 aliphatic carbocycles. The molecule has 7 heteroatoms. The Labute approximate surface area is 168 Å². The number of rotatable bonds is 7. The van der Waals surface area contributed by atoms with Gasteiger partial charge in [-0.05, 0) is 18.1 Å². The fourth-order valence-electron chi connectivity index (χ4n) is 3.16. The number of aromatic nitrogens is 2. The second kappa shape index (κ2) is 8.52. The van der Waals surface area contributed by atoms with E-state index in [9.17, 15) is 14.4 Å². The van der Waals surface area contributed by atoms with Crippen molar-refractivity contribution >= 4 is 17.6 Å². The average Bonchev–Trinajstić information content (AvgIpc) is 3.09. The first-order valence-electron chi connectivity index (χ1n) is 9.15. The van der Waals surface area contributed by atoms with Crippen molar-refractivity contribution in [2.24, 2.45) is 12.8 Å². The summed E-state index contributed by atoms with van der Waals surface area (Å²) in [4.78, 5) is 36.8. The molecule has 2 amide bonds. The van der Waals surface area contributed by atoms with Gasteiger partial charge in [0.2, 0.25) is 5.78 Å². The van der Waals surface area contributed by atoms with Gasteiger partial charge in [0.1, 0.15) is 11.7 Å². The summed E-state index contributed by atoms with van der Waals surface area (Å²) < 4.78 is 1.54. The highest BCUT2D eigenvalue weighted by atomic mass is 16.2. The largest absolute Gasteiger partial charge is 0.363 e. The molecule has 1 unspecified atom stereocenters. The molecule has 0 bridgehead atoms. The Hall–Kier alpha value is -3.74. The molecule has 7 nitrogen and oxygen atoms in total. The Morgan fingerprint density at radius 2 is 1.72 bits per heavy atom. The molecule has 0 spiro atoms. The SMILES string of the molecule is Cc1ccccc1-c1nn(C)cc1C(=O)NC(Cc1ccccc1)C(=O)C(N)=O. The summed E-state index contributed by atoms with van der Waals surface area (Å²) in [5.74, 6) is -2.42. The summed E-state index contributed by atoms with van der Waals surface area (Å²) >= 11 is 0. The predicted molar refractivity (Wildman–Crippen MR) is 109 cm³/mol. The number of nitrogens with two attached hydrogens (primary N) is 1. The molecule has 1 atom stereocenters. The van der Waals surface area contributed by atoms with E-state index < -0.39 is 23.6 Å². The molecule has 0 fully saturated rings. The zero-order chi connectivity index (χ0) is 21.0. The van der Waals surface area contributed by atoms with Crippen molar-refractivity contribution in [3.63, 3.8) is 0 Å². The Balaban J connectivity index is 1.91. The lowest BCUT2D eigenvalue weighted by Crippen LogP contribution is -2.47. The van der Waals surface area contributed by atoms with Crippen molar-refractivity contribution < 1.29 is 14.4 Å². The Morgan fingerprint density at radius 3 is 2.38 bits per heavy atom. The van der Waals surface area contributed by atoms with Crippen molar-refractivity contribution in [3.8, 4) is 11.3 Å². The molecule has 2 aromatic carbocycles. The first-order chi connectivity index (χ1) is 13.9. The summed E-state index contributed by atoms with van der Waals surface area (Å²) in [5, 5.41) is 7.08. The number of primary amides is 1. The number of benzene rings is 2. The van der Waals surface area contributed by atoms with E-state index >= 15 is 0 Å². The first-order valence-corrected chi connectivity index (χ1v) is 9.15. The van der Waals surface area contributed by atoms with Gasteiger partial charge in [0.05, 0.1) is 5.56 Å². The van der Waals surface area contributed by atoms with Gasteiger partial charge in [0.15, 0.2) is 0 Å². The van der Waals surface area contributed by atoms with E-state index in [4.69, 9.17) is 5.73 Å². The highest BCUT2D eigenvalue weighted by Gasteiger charge is 2.28. The number of hydrogen-bond donors (Lipinski definition) is 2. The van der Waals surface area contributed by atoms with Crippen molar-refractivity contribution in [3.05, 3.63) is 77.5 Å². The van der Waals surface area contributed by atoms with E-state index in [2.05, 4.69) is 10.4 Å². The van der Waals surface area contributed by atoms with E-state index in [1.54, 1.807) is 17.9 Å². The molecule has 148 valence electrons. The van der Waals surface area contributed by atoms with Crippen LogP contribution in [-0.2, 0) is 23.1 Å². The summed E-state index contributed by atoms with van der Waals surface area (Å²) in [6, 6.07) is 15.6. The van der Waals surface area contributed by atoms with E-state index in [-0.39, 0.29) is 6.42 Å². The van der Waals surface area contributed by atoms with Crippen molar-refractivity contribution in [1.29, 1.82) is 0 Å². The van der Waals surface area contributed by atoms with Gasteiger partial charge >= 0.3 is 0 Å². The van der Waals surface area contributed by atoms with E-state index in [0.717, 1.165) is 16.7 Å². The molecule has 1 heterocycles. The predicted octanol–water partition coefficient (Wildman–Crippen LogP) is 1.79. The van der Waals surface area contributed by atoms with E-state index in [1.807, 2.05) is 61.5 Å². The maximum Gasteiger partial charge on any atom is 0.287 e. The molecule has 0 aliphatic heterocycles. The molecule has 0 saturated heterocycles. The standard InChI is InChI=1S/C22H22N4O3/c1-14-8-6-7-11-16(14)19-17(13-26(2)25-19)22(29)24-18(20(27)21(23)28)12-15-9-4-3-5-10-15/h3-11,13,18H,12H2,1-2H3,(H2,23,28)(H,24,29). The molecule has 0 aliphatic rings. The number of carbonyl (C=O) groups excluding carboxylic acids is 3. The summed E-state index contributed by atoms with van der Waals surface area (Å²) in [6.07, 6.45) is 1.75. The summed E-state index contributed by atoms with van der Waals surface area (Å²) in [6.45, 7) is 1.93. The number of Topliss-reactive ketones (excluding diaryl/α,β-unsaturated/α-hetero) is 1. The third-order valence-corrected chi connectivity index (χ3v) is 4.62. The second-order valence-corrected chi connectivity index (χ2v) is 6.82. The maximum absolute atomic E-state index is 13.0. The van der Waals surface area contributed by atoms with Gasteiger partial charge in [0, 0.05) is 25.2 Å². The van der Waals surface area contributed by atoms with Crippen LogP contribution in [0.5, 0.6) is 0 Å². The van der Waals surface area contributed by atoms with Crippen LogP contribution in [0.4, 0.5) is 0 Å². The number of nitrogens with one attached hydrogen (secondary N) is 1. The third-order valence-electron chi connectivity index (χ3n) is 4.62. The lowest BCUT2D eigenvalue weighted by atomic mass is 10.00. The van der Waals surface area contributed by atoms with Crippen molar-refractivity contribution in [2.75, 3.05) is 0 Å². The first kappa shape index (κ1) is 20.0. The fourth-order valence-corrected chi connectivity index (χ4v) is 3.16. The number of ketones is 1. The Morgan fingerprint density at radius 1 is 1.07 bits per heavy atom. The van der Waals surface area contributed by atoms with Crippen LogP contribution in [0.2, 0.25) is 0 Å². The van der Waals surface area contributed by atoms with Crippen LogP contribution >= 0.6 is 0 Å². The van der Waals surface area contributed by atoms with Crippen LogP contribution in [-0.4, -0.2) is 33.4 Å². The monoisotopic (exact) mass is 390 g/mol. The number of nitrogens with zero attached hydrogens (tertiary/aromatic N) is 2. The van der Waals surface area contributed by atoms with E-state index in [1.165, 1.54) is 0 Å². The lowest BCUT2D eigenvalue weighted by molar-refractivity contribution is -0.137. The molecular weight excluding hydrogens is 368 g/mol. The summed E-state index contributed by atoms with van der Waals surface area (Å²) in [5.41, 5.74) is 8.61. The molecule has 3 aromatic rings. The molecular formula is C22H22N4O3. The highest BCUT2D eigenvalue weighted by molar-refractivity contribution is 6.38. The minimum atomic E-state index is -1.09. The molecule has 0 saturated carbocycles. The van der Waals surface area contributed by atoms with Gasteiger partial charge < -0.3 is 11.1 Å². The number of carbonyl (C=O) groups is 3. The van der Waals surface area contributed by atoms with Gasteiger partial charge in [-0.25, -0.2) is 0 Å². The topological polar surface area (TPSA) is 107 Å². The van der Waals surface area contributed by atoms with Gasteiger partial charge in [-0.3, -0.25) is 19.1 Å². The molecule has 0 radical (unpaired) electrons. The minimum absolute atomic E-state index is 0.161. The van der Waals surface area contributed by atoms with Crippen LogP contribution in [0, 0.1) is 6.92 Å². The Kier molecular flexibility index (Phi) is 5.87. The van der Waals surface area contributed by atoms with Crippen LogP contribution in [0.25, 0.3) is 11.3 Å². The van der Waals surface area contributed by atoms with Crippen LogP contribution in [0.1, 0.15) is 21.5 Å². The lowest BCUT2D eigenvalue weighted by Gasteiger charge is -2.16. The van der Waals surface area contributed by atoms with Crippen molar-refractivity contribution in [1.82, 2.24) is 15.1 Å². The van der Waals surface area contributed by atoms with Crippen LogP contribution in [0.15, 0.2) is 60.8 Å². The van der Waals surface area contributed by atoms with Crippen LogP contribution in [0.3, 0.4) is 0 Å². The van der Waals surface area contributed by atoms with Crippen molar-refractivity contribution in [2.45, 2.75) is 19.4 Å². The fraction of sp³-hybridized carbons (Fsp3) is 0.182. The maximum atomic E-state index is 13.0. The van der Waals surface area contributed by atoms with Crippen LogP contribution < -0.4 is 11.1 Å². The van der Waals surface area contributed by atoms with Gasteiger partial charge in [-0.15, -0.1) is 0 Å². The average molecular weight is 390 g/mol. The molecule has 1 aromatic heterocycles. The Bertz CT molecular complexity index is 1060. The van der Waals surface area contributed by atoms with Gasteiger partial charge in [-0.2, -0.15) is 5.10 Å². The second-order valence-electron chi connectivity index (χ2n) is 6.82. The zero-order valence-electron chi connectivity index (χ0n) is 16.3. The number of amides is 2. The van der Waals surface area contributed by atoms with E-state index in [0.29, 0.717) is 11.3 Å².